The van der Waals surface area contributed by atoms with Crippen LogP contribution in [0.5, 0.6) is 5.75 Å². The van der Waals surface area contributed by atoms with Gasteiger partial charge in [0, 0.05) is 12.6 Å². The Hall–Kier alpha value is -1.06. The number of methoxy groups -OCH3 is 1. The van der Waals surface area contributed by atoms with Crippen LogP contribution in [0.15, 0.2) is 18.2 Å². The zero-order chi connectivity index (χ0) is 14.5. The van der Waals surface area contributed by atoms with Crippen molar-refractivity contribution >= 4 is 0 Å². The van der Waals surface area contributed by atoms with Crippen molar-refractivity contribution in [3.05, 3.63) is 29.3 Å². The molecule has 0 aliphatic heterocycles. The molecular weight excluding hydrogens is 248 g/mol. The second-order valence-electron chi connectivity index (χ2n) is 5.86. The first kappa shape index (κ1) is 15.3. The summed E-state index contributed by atoms with van der Waals surface area (Å²) in [7, 11) is 1.73. The highest BCUT2D eigenvalue weighted by atomic mass is 16.5. The Morgan fingerprint density at radius 3 is 2.75 bits per heavy atom. The van der Waals surface area contributed by atoms with Gasteiger partial charge in [-0.1, -0.05) is 25.5 Å². The molecule has 20 heavy (non-hydrogen) atoms. The molecule has 1 aliphatic rings. The third-order valence-corrected chi connectivity index (χ3v) is 4.64. The van der Waals surface area contributed by atoms with Gasteiger partial charge in [0.2, 0.25) is 0 Å². The fourth-order valence-electron chi connectivity index (χ4n) is 3.51. The summed E-state index contributed by atoms with van der Waals surface area (Å²) in [6.45, 7) is 7.29. The summed E-state index contributed by atoms with van der Waals surface area (Å²) in [5.41, 5.74) is 8.51. The van der Waals surface area contributed by atoms with E-state index in [1.54, 1.807) is 7.11 Å². The van der Waals surface area contributed by atoms with Crippen LogP contribution in [-0.4, -0.2) is 31.1 Å². The van der Waals surface area contributed by atoms with Gasteiger partial charge in [-0.2, -0.15) is 0 Å². The number of hydrogen-bond acceptors (Lipinski definition) is 3. The molecule has 2 N–H and O–H groups in total. The molecule has 2 rings (SSSR count). The molecule has 2 atom stereocenters. The van der Waals surface area contributed by atoms with Crippen LogP contribution in [0, 0.1) is 12.8 Å². The Labute approximate surface area is 123 Å². The lowest BCUT2D eigenvalue weighted by molar-refractivity contribution is 0.162. The topological polar surface area (TPSA) is 38.5 Å². The Morgan fingerprint density at radius 2 is 2.15 bits per heavy atom. The molecular formula is C17H28N2O. The van der Waals surface area contributed by atoms with Gasteiger partial charge in [-0.3, -0.25) is 4.90 Å². The maximum atomic E-state index is 5.93. The SMILES string of the molecule is CCN(Cc1ccc(OC)c(C)c1)C1CCCC1CN. The summed E-state index contributed by atoms with van der Waals surface area (Å²) >= 11 is 0. The third-order valence-electron chi connectivity index (χ3n) is 4.64. The van der Waals surface area contributed by atoms with Crippen molar-refractivity contribution in [2.24, 2.45) is 11.7 Å². The molecule has 0 radical (unpaired) electrons. The molecule has 1 aromatic carbocycles. The lowest BCUT2D eigenvalue weighted by atomic mass is 10.0. The average Bonchev–Trinajstić information content (AvgIpc) is 2.93. The quantitative estimate of drug-likeness (QED) is 0.868. The molecule has 3 nitrogen and oxygen atoms in total. The Bertz CT molecular complexity index is 433. The van der Waals surface area contributed by atoms with E-state index in [4.69, 9.17) is 10.5 Å². The van der Waals surface area contributed by atoms with Crippen LogP contribution in [0.2, 0.25) is 0 Å². The van der Waals surface area contributed by atoms with Gasteiger partial charge in [0.15, 0.2) is 0 Å². The monoisotopic (exact) mass is 276 g/mol. The minimum absolute atomic E-state index is 0.660. The van der Waals surface area contributed by atoms with E-state index >= 15 is 0 Å². The van der Waals surface area contributed by atoms with Crippen LogP contribution in [-0.2, 0) is 6.54 Å². The second-order valence-corrected chi connectivity index (χ2v) is 5.86. The number of benzene rings is 1. The fourth-order valence-corrected chi connectivity index (χ4v) is 3.51. The van der Waals surface area contributed by atoms with Gasteiger partial charge in [0.05, 0.1) is 7.11 Å². The van der Waals surface area contributed by atoms with Gasteiger partial charge in [-0.25, -0.2) is 0 Å². The molecule has 2 unspecified atom stereocenters. The Morgan fingerprint density at radius 1 is 1.35 bits per heavy atom. The van der Waals surface area contributed by atoms with Gasteiger partial charge >= 0.3 is 0 Å². The number of nitrogens with zero attached hydrogens (tertiary/aromatic N) is 1. The Kier molecular flexibility index (Phi) is 5.44. The zero-order valence-electron chi connectivity index (χ0n) is 13.1. The number of nitrogens with two attached hydrogens (primary N) is 1. The summed E-state index contributed by atoms with van der Waals surface area (Å²) in [6.07, 6.45) is 3.91. The number of ether oxygens (including phenoxy) is 1. The van der Waals surface area contributed by atoms with Crippen molar-refractivity contribution in [3.8, 4) is 5.75 Å². The van der Waals surface area contributed by atoms with Crippen LogP contribution in [0.1, 0.15) is 37.3 Å². The van der Waals surface area contributed by atoms with E-state index < -0.39 is 0 Å². The van der Waals surface area contributed by atoms with Crippen molar-refractivity contribution in [1.82, 2.24) is 4.90 Å². The van der Waals surface area contributed by atoms with Crippen LogP contribution < -0.4 is 10.5 Å². The predicted molar refractivity (Wildman–Crippen MR) is 84.0 cm³/mol. The van der Waals surface area contributed by atoms with Crippen LogP contribution in [0.4, 0.5) is 0 Å². The molecule has 0 spiro atoms. The minimum Gasteiger partial charge on any atom is -0.496 e. The van der Waals surface area contributed by atoms with Gasteiger partial charge in [-0.15, -0.1) is 0 Å². The first-order valence-corrected chi connectivity index (χ1v) is 7.77. The van der Waals surface area contributed by atoms with Gasteiger partial charge in [0.25, 0.3) is 0 Å². The molecule has 1 aliphatic carbocycles. The summed E-state index contributed by atoms with van der Waals surface area (Å²) in [6, 6.07) is 7.16. The molecule has 0 saturated heterocycles. The molecule has 0 amide bonds. The Balaban J connectivity index is 2.08. The number of hydrogen-bond donors (Lipinski definition) is 1. The highest BCUT2D eigenvalue weighted by molar-refractivity contribution is 5.36. The van der Waals surface area contributed by atoms with Crippen molar-refractivity contribution < 1.29 is 4.74 Å². The van der Waals surface area contributed by atoms with E-state index in [-0.39, 0.29) is 0 Å². The predicted octanol–water partition coefficient (Wildman–Crippen LogP) is 2.95. The summed E-state index contributed by atoms with van der Waals surface area (Å²) in [4.78, 5) is 2.59. The first-order chi connectivity index (χ1) is 9.69. The number of aryl methyl sites for hydroxylation is 1. The van der Waals surface area contributed by atoms with E-state index in [0.717, 1.165) is 25.4 Å². The van der Waals surface area contributed by atoms with Crippen LogP contribution in [0.3, 0.4) is 0 Å². The molecule has 3 heteroatoms. The average molecular weight is 276 g/mol. The summed E-state index contributed by atoms with van der Waals surface area (Å²) in [5, 5.41) is 0. The molecule has 0 bridgehead atoms. The van der Waals surface area contributed by atoms with Crippen LogP contribution >= 0.6 is 0 Å². The smallest absolute Gasteiger partial charge is 0.121 e. The molecule has 1 saturated carbocycles. The lowest BCUT2D eigenvalue weighted by Crippen LogP contribution is -2.39. The van der Waals surface area contributed by atoms with Gasteiger partial charge in [-0.05, 0) is 56.0 Å². The van der Waals surface area contributed by atoms with Crippen molar-refractivity contribution in [2.45, 2.75) is 45.7 Å². The van der Waals surface area contributed by atoms with Crippen molar-refractivity contribution in [3.63, 3.8) is 0 Å². The normalized spacial score (nSPS) is 22.4. The molecule has 0 heterocycles. The van der Waals surface area contributed by atoms with Gasteiger partial charge in [0.1, 0.15) is 5.75 Å². The maximum absolute atomic E-state index is 5.93. The van der Waals surface area contributed by atoms with E-state index in [0.29, 0.717) is 12.0 Å². The fraction of sp³-hybridized carbons (Fsp3) is 0.647. The van der Waals surface area contributed by atoms with E-state index in [1.165, 1.54) is 30.4 Å². The second kappa shape index (κ2) is 7.09. The first-order valence-electron chi connectivity index (χ1n) is 7.77. The molecule has 112 valence electrons. The molecule has 1 fully saturated rings. The van der Waals surface area contributed by atoms with E-state index in [9.17, 15) is 0 Å². The summed E-state index contributed by atoms with van der Waals surface area (Å²) < 4.78 is 5.34. The van der Waals surface area contributed by atoms with Crippen molar-refractivity contribution in [2.75, 3.05) is 20.2 Å². The van der Waals surface area contributed by atoms with E-state index in [2.05, 4.69) is 36.9 Å². The zero-order valence-corrected chi connectivity index (χ0v) is 13.1. The number of rotatable bonds is 6. The molecule has 0 aromatic heterocycles. The highest BCUT2D eigenvalue weighted by Gasteiger charge is 2.30. The van der Waals surface area contributed by atoms with E-state index in [1.807, 2.05) is 0 Å². The van der Waals surface area contributed by atoms with Crippen molar-refractivity contribution in [1.29, 1.82) is 0 Å². The highest BCUT2D eigenvalue weighted by Crippen LogP contribution is 2.30. The van der Waals surface area contributed by atoms with Crippen LogP contribution in [0.25, 0.3) is 0 Å². The standard InChI is InChI=1S/C17H28N2O/c1-4-19(16-7-5-6-15(16)11-18)12-14-8-9-17(20-3)13(2)10-14/h8-10,15-16H,4-7,11-12,18H2,1-3H3. The lowest BCUT2D eigenvalue weighted by Gasteiger charge is -2.32. The largest absolute Gasteiger partial charge is 0.496 e. The maximum Gasteiger partial charge on any atom is 0.121 e. The van der Waals surface area contributed by atoms with Gasteiger partial charge < -0.3 is 10.5 Å². The molecule has 1 aromatic rings. The minimum atomic E-state index is 0.660. The third kappa shape index (κ3) is 3.33. The summed E-state index contributed by atoms with van der Waals surface area (Å²) in [5.74, 6) is 1.65.